The SMILES string of the molecule is COc1cc(/C=C/CO)ccc1O[C@H]1O[C@@H](C)[C@@H](O)[C@@H](O)[C@@H]1O. The zero-order chi connectivity index (χ0) is 17.0. The summed E-state index contributed by atoms with van der Waals surface area (Å²) in [6, 6.07) is 5.08. The summed E-state index contributed by atoms with van der Waals surface area (Å²) in [6.07, 6.45) is -2.44. The van der Waals surface area contributed by atoms with E-state index in [4.69, 9.17) is 19.3 Å². The number of ether oxygens (including phenoxy) is 3. The molecule has 2 rings (SSSR count). The second kappa shape index (κ2) is 7.76. The van der Waals surface area contributed by atoms with Crippen molar-refractivity contribution in [2.45, 2.75) is 37.6 Å². The Hall–Kier alpha value is -1.64. The number of aliphatic hydroxyl groups is 4. The van der Waals surface area contributed by atoms with Gasteiger partial charge in [-0.15, -0.1) is 0 Å². The molecule has 23 heavy (non-hydrogen) atoms. The lowest BCUT2D eigenvalue weighted by Crippen LogP contribution is -2.58. The lowest BCUT2D eigenvalue weighted by atomic mass is 10.00. The second-order valence-corrected chi connectivity index (χ2v) is 5.29. The number of benzene rings is 1. The number of rotatable bonds is 5. The van der Waals surface area contributed by atoms with Crippen LogP contribution in [0, 0.1) is 0 Å². The Labute approximate surface area is 134 Å². The molecule has 0 unspecified atom stereocenters. The van der Waals surface area contributed by atoms with Crippen molar-refractivity contribution in [1.82, 2.24) is 0 Å². The average Bonchev–Trinajstić information content (AvgIpc) is 2.56. The molecule has 128 valence electrons. The summed E-state index contributed by atoms with van der Waals surface area (Å²) in [5.74, 6) is 0.739. The van der Waals surface area contributed by atoms with Crippen LogP contribution >= 0.6 is 0 Å². The zero-order valence-corrected chi connectivity index (χ0v) is 13.0. The van der Waals surface area contributed by atoms with Gasteiger partial charge in [-0.3, -0.25) is 0 Å². The topological polar surface area (TPSA) is 109 Å². The Kier molecular flexibility index (Phi) is 5.97. The molecule has 0 bridgehead atoms. The molecule has 1 aromatic carbocycles. The molecule has 1 saturated heterocycles. The van der Waals surface area contributed by atoms with Crippen molar-refractivity contribution in [1.29, 1.82) is 0 Å². The summed E-state index contributed by atoms with van der Waals surface area (Å²) in [6.45, 7) is 1.51. The summed E-state index contributed by atoms with van der Waals surface area (Å²) in [5, 5.41) is 38.3. The van der Waals surface area contributed by atoms with Gasteiger partial charge in [0.05, 0.1) is 19.8 Å². The average molecular weight is 326 g/mol. The Balaban J connectivity index is 2.17. The fraction of sp³-hybridized carbons (Fsp3) is 0.500. The van der Waals surface area contributed by atoms with E-state index < -0.39 is 30.7 Å². The lowest BCUT2D eigenvalue weighted by molar-refractivity contribution is -0.268. The predicted octanol–water partition coefficient (Wildman–Crippen LogP) is -0.0930. The van der Waals surface area contributed by atoms with Crippen LogP contribution in [0.2, 0.25) is 0 Å². The zero-order valence-electron chi connectivity index (χ0n) is 13.0. The van der Waals surface area contributed by atoms with E-state index in [0.29, 0.717) is 11.5 Å². The van der Waals surface area contributed by atoms with Crippen molar-refractivity contribution in [3.63, 3.8) is 0 Å². The molecule has 0 radical (unpaired) electrons. The van der Waals surface area contributed by atoms with Gasteiger partial charge in [-0.05, 0) is 24.6 Å². The van der Waals surface area contributed by atoms with Gasteiger partial charge in [0, 0.05) is 0 Å². The van der Waals surface area contributed by atoms with Gasteiger partial charge in [0.2, 0.25) is 6.29 Å². The van der Waals surface area contributed by atoms with Gasteiger partial charge in [0.1, 0.15) is 18.3 Å². The molecule has 1 heterocycles. The Morgan fingerprint density at radius 1 is 1.13 bits per heavy atom. The molecule has 1 fully saturated rings. The van der Waals surface area contributed by atoms with Crippen LogP contribution in [0.5, 0.6) is 11.5 Å². The molecule has 7 nitrogen and oxygen atoms in total. The summed E-state index contributed by atoms with van der Waals surface area (Å²) < 4.78 is 16.2. The maximum Gasteiger partial charge on any atom is 0.229 e. The first-order valence-corrected chi connectivity index (χ1v) is 7.29. The third-order valence-corrected chi connectivity index (χ3v) is 3.65. The van der Waals surface area contributed by atoms with Gasteiger partial charge < -0.3 is 34.6 Å². The monoisotopic (exact) mass is 326 g/mol. The fourth-order valence-electron chi connectivity index (χ4n) is 2.31. The van der Waals surface area contributed by atoms with E-state index >= 15 is 0 Å². The Morgan fingerprint density at radius 3 is 2.52 bits per heavy atom. The third-order valence-electron chi connectivity index (χ3n) is 3.65. The molecular weight excluding hydrogens is 304 g/mol. The van der Waals surface area contributed by atoms with Crippen molar-refractivity contribution in [2.24, 2.45) is 0 Å². The highest BCUT2D eigenvalue weighted by atomic mass is 16.7. The minimum atomic E-state index is -1.39. The van der Waals surface area contributed by atoms with Crippen LogP contribution in [0.25, 0.3) is 6.08 Å². The maximum atomic E-state index is 9.98. The van der Waals surface area contributed by atoms with Crippen LogP contribution < -0.4 is 9.47 Å². The molecule has 1 aliphatic rings. The van der Waals surface area contributed by atoms with E-state index in [2.05, 4.69) is 0 Å². The predicted molar refractivity (Wildman–Crippen MR) is 82.1 cm³/mol. The summed E-state index contributed by atoms with van der Waals surface area (Å²) in [7, 11) is 1.47. The molecule has 1 aromatic rings. The van der Waals surface area contributed by atoms with Crippen LogP contribution in [0.4, 0.5) is 0 Å². The van der Waals surface area contributed by atoms with Crippen molar-refractivity contribution in [3.05, 3.63) is 29.8 Å². The molecule has 1 aliphatic heterocycles. The number of hydrogen-bond acceptors (Lipinski definition) is 7. The normalized spacial score (nSPS) is 31.3. The maximum absolute atomic E-state index is 9.98. The quantitative estimate of drug-likeness (QED) is 0.599. The van der Waals surface area contributed by atoms with Gasteiger partial charge in [0.15, 0.2) is 11.5 Å². The van der Waals surface area contributed by atoms with Gasteiger partial charge in [-0.2, -0.15) is 0 Å². The Morgan fingerprint density at radius 2 is 1.87 bits per heavy atom. The van der Waals surface area contributed by atoms with Crippen molar-refractivity contribution in [3.8, 4) is 11.5 Å². The third kappa shape index (κ3) is 4.01. The van der Waals surface area contributed by atoms with Gasteiger partial charge in [-0.1, -0.05) is 18.2 Å². The number of aliphatic hydroxyl groups excluding tert-OH is 4. The molecule has 0 spiro atoms. The summed E-state index contributed by atoms with van der Waals surface area (Å²) in [4.78, 5) is 0. The highest BCUT2D eigenvalue weighted by Gasteiger charge is 2.43. The first kappa shape index (κ1) is 17.7. The van der Waals surface area contributed by atoms with Crippen molar-refractivity contribution >= 4 is 6.08 Å². The van der Waals surface area contributed by atoms with Crippen molar-refractivity contribution < 1.29 is 34.6 Å². The van der Waals surface area contributed by atoms with Crippen molar-refractivity contribution in [2.75, 3.05) is 13.7 Å². The number of hydrogen-bond donors (Lipinski definition) is 4. The number of methoxy groups -OCH3 is 1. The second-order valence-electron chi connectivity index (χ2n) is 5.29. The largest absolute Gasteiger partial charge is 0.493 e. The van der Waals surface area contributed by atoms with Crippen LogP contribution in [-0.4, -0.2) is 64.8 Å². The van der Waals surface area contributed by atoms with E-state index in [0.717, 1.165) is 5.56 Å². The van der Waals surface area contributed by atoms with E-state index in [9.17, 15) is 15.3 Å². The molecule has 0 aromatic heterocycles. The standard InChI is InChI=1S/C16H22O7/c1-9-13(18)14(19)15(20)16(22-9)23-11-6-5-10(4-3-7-17)8-12(11)21-2/h3-6,8-9,13-20H,7H2,1-2H3/b4-3+/t9-,13+,14+,15-,16+/m0/s1. The van der Waals surface area contributed by atoms with E-state index in [-0.39, 0.29) is 6.61 Å². The fourth-order valence-corrected chi connectivity index (χ4v) is 2.31. The van der Waals surface area contributed by atoms with Crippen LogP contribution in [0.1, 0.15) is 12.5 Å². The lowest BCUT2D eigenvalue weighted by Gasteiger charge is -2.39. The molecule has 4 N–H and O–H groups in total. The minimum absolute atomic E-state index is 0.0687. The Bertz CT molecular complexity index is 545. The van der Waals surface area contributed by atoms with Gasteiger partial charge in [0.25, 0.3) is 0 Å². The van der Waals surface area contributed by atoms with E-state index in [1.165, 1.54) is 7.11 Å². The van der Waals surface area contributed by atoms with Crippen LogP contribution in [0.15, 0.2) is 24.3 Å². The first-order valence-electron chi connectivity index (χ1n) is 7.29. The van der Waals surface area contributed by atoms with Gasteiger partial charge in [-0.25, -0.2) is 0 Å². The van der Waals surface area contributed by atoms with Gasteiger partial charge >= 0.3 is 0 Å². The van der Waals surface area contributed by atoms with Crippen LogP contribution in [0.3, 0.4) is 0 Å². The smallest absolute Gasteiger partial charge is 0.229 e. The summed E-state index contributed by atoms with van der Waals surface area (Å²) >= 11 is 0. The van der Waals surface area contributed by atoms with E-state index in [1.807, 2.05) is 0 Å². The molecule has 0 aliphatic carbocycles. The first-order chi connectivity index (χ1) is 11.0. The highest BCUT2D eigenvalue weighted by Crippen LogP contribution is 2.32. The molecule has 5 atom stereocenters. The molecular formula is C16H22O7. The molecule has 0 amide bonds. The summed E-state index contributed by atoms with van der Waals surface area (Å²) in [5.41, 5.74) is 0.803. The highest BCUT2D eigenvalue weighted by molar-refractivity contribution is 5.55. The van der Waals surface area contributed by atoms with E-state index in [1.54, 1.807) is 37.3 Å². The van der Waals surface area contributed by atoms with Crippen LogP contribution in [-0.2, 0) is 4.74 Å². The minimum Gasteiger partial charge on any atom is -0.493 e. The molecule has 7 heteroatoms. The molecule has 0 saturated carbocycles.